The molecule has 0 saturated carbocycles. The lowest BCUT2D eigenvalue weighted by Gasteiger charge is -2.11. The van der Waals surface area contributed by atoms with Crippen molar-refractivity contribution in [3.05, 3.63) is 78.9 Å². The lowest BCUT2D eigenvalue weighted by Crippen LogP contribution is -2.11. The van der Waals surface area contributed by atoms with Gasteiger partial charge < -0.3 is 13.5 Å². The molecule has 7 nitrogen and oxygen atoms in total. The first-order valence-electron chi connectivity index (χ1n) is 7.59. The van der Waals surface area contributed by atoms with E-state index in [2.05, 4.69) is 0 Å². The van der Waals surface area contributed by atoms with E-state index in [0.29, 0.717) is 0 Å². The highest BCUT2D eigenvalue weighted by atomic mass is 32.2. The molecule has 0 fully saturated rings. The third-order valence-electron chi connectivity index (χ3n) is 3.34. The molecule has 0 atom stereocenters. The van der Waals surface area contributed by atoms with Gasteiger partial charge in [0.05, 0.1) is 0 Å². The molecule has 0 bridgehead atoms. The fraction of sp³-hybridized carbons (Fsp3) is 0. The summed E-state index contributed by atoms with van der Waals surface area (Å²) in [7, 11) is -8.32. The van der Waals surface area contributed by atoms with Crippen LogP contribution in [0, 0.1) is 0 Å². The summed E-state index contributed by atoms with van der Waals surface area (Å²) >= 11 is 0. The molecular weight excluding hydrogens is 392 g/mol. The van der Waals surface area contributed by atoms with Gasteiger partial charge in [-0.25, -0.2) is 0 Å². The Bertz CT molecular complexity index is 1050. The zero-order valence-electron chi connectivity index (χ0n) is 13.7. The molecule has 0 unspecified atom stereocenters. The van der Waals surface area contributed by atoms with E-state index in [1.54, 1.807) is 12.1 Å². The zero-order valence-corrected chi connectivity index (χ0v) is 15.4. The van der Waals surface area contributed by atoms with Gasteiger partial charge in [-0.2, -0.15) is 16.8 Å². The minimum atomic E-state index is -4.16. The molecule has 0 aromatic heterocycles. The maximum Gasteiger partial charge on any atom is 0.339 e. The van der Waals surface area contributed by atoms with Crippen molar-refractivity contribution in [1.29, 1.82) is 0 Å². The second-order valence-electron chi connectivity index (χ2n) is 5.36. The number of rotatable bonds is 6. The van der Waals surface area contributed by atoms with E-state index in [9.17, 15) is 21.9 Å². The summed E-state index contributed by atoms with van der Waals surface area (Å²) in [6.45, 7) is 0. The van der Waals surface area contributed by atoms with Gasteiger partial charge in [0.15, 0.2) is 0 Å². The molecule has 27 heavy (non-hydrogen) atoms. The SMILES string of the molecule is O=S(=O)(Oc1cc(O)cc(OS(=O)(=O)c2ccccc2)c1)c1ccccc1. The lowest BCUT2D eigenvalue weighted by atomic mass is 10.3. The molecular formula is C18H14O7S2. The molecule has 3 rings (SSSR count). The van der Waals surface area contributed by atoms with E-state index in [0.717, 1.165) is 18.2 Å². The summed E-state index contributed by atoms with van der Waals surface area (Å²) < 4.78 is 59.0. The van der Waals surface area contributed by atoms with Crippen molar-refractivity contribution < 1.29 is 30.3 Å². The van der Waals surface area contributed by atoms with Crippen molar-refractivity contribution in [3.8, 4) is 17.2 Å². The number of hydrogen-bond donors (Lipinski definition) is 1. The van der Waals surface area contributed by atoms with Crippen LogP contribution in [0.5, 0.6) is 17.2 Å². The average Bonchev–Trinajstić information content (AvgIpc) is 2.62. The molecule has 140 valence electrons. The summed E-state index contributed by atoms with van der Waals surface area (Å²) in [4.78, 5) is -0.180. The van der Waals surface area contributed by atoms with Crippen LogP contribution in [-0.4, -0.2) is 21.9 Å². The molecule has 0 saturated heterocycles. The number of phenolic OH excluding ortho intramolecular Hbond substituents is 1. The van der Waals surface area contributed by atoms with Gasteiger partial charge in [0.25, 0.3) is 0 Å². The molecule has 0 radical (unpaired) electrons. The molecule has 0 aliphatic heterocycles. The van der Waals surface area contributed by atoms with E-state index in [-0.39, 0.29) is 21.3 Å². The van der Waals surface area contributed by atoms with Crippen LogP contribution in [0.3, 0.4) is 0 Å². The average molecular weight is 406 g/mol. The highest BCUT2D eigenvalue weighted by Gasteiger charge is 2.20. The third-order valence-corrected chi connectivity index (χ3v) is 5.86. The van der Waals surface area contributed by atoms with Crippen LogP contribution in [0.2, 0.25) is 0 Å². The number of hydrogen-bond acceptors (Lipinski definition) is 7. The van der Waals surface area contributed by atoms with Gasteiger partial charge in [0.1, 0.15) is 27.0 Å². The van der Waals surface area contributed by atoms with Gasteiger partial charge >= 0.3 is 20.2 Å². The van der Waals surface area contributed by atoms with Gasteiger partial charge in [-0.15, -0.1) is 0 Å². The summed E-state index contributed by atoms with van der Waals surface area (Å²) in [5, 5.41) is 9.78. The second kappa shape index (κ2) is 7.29. The van der Waals surface area contributed by atoms with E-state index in [1.165, 1.54) is 48.5 Å². The highest BCUT2D eigenvalue weighted by Crippen LogP contribution is 2.30. The van der Waals surface area contributed by atoms with Crippen LogP contribution in [0.4, 0.5) is 0 Å². The van der Waals surface area contributed by atoms with Gasteiger partial charge in [-0.3, -0.25) is 0 Å². The Labute approximate surface area is 156 Å². The first kappa shape index (κ1) is 18.7. The van der Waals surface area contributed by atoms with Crippen molar-refractivity contribution in [2.45, 2.75) is 9.79 Å². The summed E-state index contributed by atoms with van der Waals surface area (Å²) in [5.41, 5.74) is 0. The molecule has 9 heteroatoms. The maximum absolute atomic E-state index is 12.3. The molecule has 0 amide bonds. The first-order chi connectivity index (χ1) is 12.8. The van der Waals surface area contributed by atoms with Crippen molar-refractivity contribution >= 4 is 20.2 Å². The number of aromatic hydroxyl groups is 1. The molecule has 1 N–H and O–H groups in total. The number of benzene rings is 3. The van der Waals surface area contributed by atoms with Gasteiger partial charge in [0.2, 0.25) is 0 Å². The standard InChI is InChI=1S/C18H14O7S2/c19-14-11-15(24-26(20,21)17-7-3-1-4-8-17)13-16(12-14)25-27(22,23)18-9-5-2-6-10-18/h1-13,19H. The fourth-order valence-electron chi connectivity index (χ4n) is 2.18. The Morgan fingerprint density at radius 2 is 0.963 bits per heavy atom. The van der Waals surface area contributed by atoms with E-state index >= 15 is 0 Å². The molecule has 3 aromatic rings. The van der Waals surface area contributed by atoms with Gasteiger partial charge in [-0.1, -0.05) is 36.4 Å². The van der Waals surface area contributed by atoms with Crippen LogP contribution in [0.15, 0.2) is 88.7 Å². The molecule has 0 spiro atoms. The van der Waals surface area contributed by atoms with Gasteiger partial charge in [-0.05, 0) is 24.3 Å². The van der Waals surface area contributed by atoms with Crippen LogP contribution < -0.4 is 8.37 Å². The van der Waals surface area contributed by atoms with Crippen molar-refractivity contribution in [2.75, 3.05) is 0 Å². The normalized spacial score (nSPS) is 11.7. The minimum absolute atomic E-state index is 0.0901. The third kappa shape index (κ3) is 4.57. The topological polar surface area (TPSA) is 107 Å². The predicted molar refractivity (Wildman–Crippen MR) is 96.6 cm³/mol. The molecule has 0 heterocycles. The molecule has 0 aliphatic carbocycles. The Morgan fingerprint density at radius 3 is 1.33 bits per heavy atom. The fourth-order valence-corrected chi connectivity index (χ4v) is 4.05. The van der Waals surface area contributed by atoms with Crippen LogP contribution >= 0.6 is 0 Å². The second-order valence-corrected chi connectivity index (χ2v) is 8.46. The first-order valence-corrected chi connectivity index (χ1v) is 10.4. The minimum Gasteiger partial charge on any atom is -0.508 e. The summed E-state index contributed by atoms with van der Waals surface area (Å²) in [6.07, 6.45) is 0. The summed E-state index contributed by atoms with van der Waals surface area (Å²) in [6, 6.07) is 17.9. The molecule has 0 aliphatic rings. The van der Waals surface area contributed by atoms with E-state index in [1.807, 2.05) is 0 Å². The quantitative estimate of drug-likeness (QED) is 0.627. The van der Waals surface area contributed by atoms with Crippen molar-refractivity contribution in [1.82, 2.24) is 0 Å². The van der Waals surface area contributed by atoms with Crippen LogP contribution in [-0.2, 0) is 20.2 Å². The smallest absolute Gasteiger partial charge is 0.339 e. The largest absolute Gasteiger partial charge is 0.508 e. The Hall–Kier alpha value is -3.04. The van der Waals surface area contributed by atoms with E-state index < -0.39 is 26.0 Å². The predicted octanol–water partition coefficient (Wildman–Crippen LogP) is 2.93. The van der Waals surface area contributed by atoms with E-state index in [4.69, 9.17) is 8.37 Å². The van der Waals surface area contributed by atoms with Crippen LogP contribution in [0.1, 0.15) is 0 Å². The highest BCUT2D eigenvalue weighted by molar-refractivity contribution is 7.87. The monoisotopic (exact) mass is 406 g/mol. The Kier molecular flexibility index (Phi) is 5.06. The van der Waals surface area contributed by atoms with Crippen LogP contribution in [0.25, 0.3) is 0 Å². The van der Waals surface area contributed by atoms with Crippen molar-refractivity contribution in [2.24, 2.45) is 0 Å². The lowest BCUT2D eigenvalue weighted by molar-refractivity contribution is 0.452. The van der Waals surface area contributed by atoms with Crippen molar-refractivity contribution in [3.63, 3.8) is 0 Å². The summed E-state index contributed by atoms with van der Waals surface area (Å²) in [5.74, 6) is -1.01. The zero-order chi connectivity index (χ0) is 19.5. The molecule has 3 aromatic carbocycles. The Balaban J connectivity index is 1.89. The Morgan fingerprint density at radius 1 is 0.593 bits per heavy atom. The maximum atomic E-state index is 12.3. The number of phenols is 1. The van der Waals surface area contributed by atoms with Gasteiger partial charge in [0, 0.05) is 18.2 Å².